The van der Waals surface area contributed by atoms with Crippen LogP contribution in [0.25, 0.3) is 0 Å². The summed E-state index contributed by atoms with van der Waals surface area (Å²) in [6, 6.07) is 2.47. The maximum atomic E-state index is 11.4. The second kappa shape index (κ2) is 6.17. The number of thioether (sulfide) groups is 1. The van der Waals surface area contributed by atoms with Crippen molar-refractivity contribution < 1.29 is 9.53 Å². The van der Waals surface area contributed by atoms with E-state index in [9.17, 15) is 10.1 Å². The van der Waals surface area contributed by atoms with E-state index >= 15 is 0 Å². The van der Waals surface area contributed by atoms with Crippen molar-refractivity contribution in [1.82, 2.24) is 0 Å². The molecule has 0 aromatic rings. The van der Waals surface area contributed by atoms with Gasteiger partial charge in [0.05, 0.1) is 25.5 Å². The molecule has 0 heterocycles. The van der Waals surface area contributed by atoms with Gasteiger partial charge in [-0.25, -0.2) is 0 Å². The van der Waals surface area contributed by atoms with Crippen LogP contribution in [0.1, 0.15) is 45.4 Å². The number of carbonyl (C=O) groups is 1. The van der Waals surface area contributed by atoms with Crippen LogP contribution in [-0.4, -0.2) is 24.1 Å². The first-order valence-electron chi connectivity index (χ1n) is 7.16. The van der Waals surface area contributed by atoms with E-state index in [1.54, 1.807) is 0 Å². The summed E-state index contributed by atoms with van der Waals surface area (Å²) < 4.78 is 4.78. The van der Waals surface area contributed by atoms with E-state index in [1.165, 1.54) is 13.5 Å². The average Bonchev–Trinajstić information content (AvgIpc) is 3.16. The van der Waals surface area contributed by atoms with E-state index in [0.717, 1.165) is 37.4 Å². The van der Waals surface area contributed by atoms with Gasteiger partial charge in [0, 0.05) is 5.25 Å². The Bertz CT molecular complexity index is 373. The molecular formula is C15H23NO2S. The summed E-state index contributed by atoms with van der Waals surface area (Å²) in [5.41, 5.74) is 0.179. The third-order valence-electron chi connectivity index (χ3n) is 4.53. The molecule has 0 N–H and O–H groups in total. The molecule has 0 aliphatic heterocycles. The molecule has 0 amide bonds. The van der Waals surface area contributed by atoms with Gasteiger partial charge >= 0.3 is 5.97 Å². The van der Waals surface area contributed by atoms with Crippen LogP contribution in [0.3, 0.4) is 0 Å². The molecule has 2 saturated carbocycles. The SMILES string of the molecule is COC(=O)CC1(CSC2CC(C)CCC2C#N)CC1. The highest BCUT2D eigenvalue weighted by Gasteiger charge is 2.45. The fraction of sp³-hybridized carbons (Fsp3) is 0.867. The molecule has 19 heavy (non-hydrogen) atoms. The van der Waals surface area contributed by atoms with Crippen molar-refractivity contribution in [3.63, 3.8) is 0 Å². The number of methoxy groups -OCH3 is 1. The largest absolute Gasteiger partial charge is 0.469 e. The first-order valence-corrected chi connectivity index (χ1v) is 8.21. The van der Waals surface area contributed by atoms with Gasteiger partial charge < -0.3 is 4.74 Å². The lowest BCUT2D eigenvalue weighted by Crippen LogP contribution is -2.26. The van der Waals surface area contributed by atoms with E-state index in [2.05, 4.69) is 13.0 Å². The predicted octanol–water partition coefficient (Wildman–Crippen LogP) is 3.39. The van der Waals surface area contributed by atoms with Gasteiger partial charge in [-0.15, -0.1) is 0 Å². The third kappa shape index (κ3) is 3.89. The predicted molar refractivity (Wildman–Crippen MR) is 76.7 cm³/mol. The molecular weight excluding hydrogens is 258 g/mol. The zero-order valence-electron chi connectivity index (χ0n) is 11.9. The maximum Gasteiger partial charge on any atom is 0.306 e. The van der Waals surface area contributed by atoms with Crippen LogP contribution in [0.15, 0.2) is 0 Å². The molecule has 0 saturated heterocycles. The van der Waals surface area contributed by atoms with Crippen molar-refractivity contribution in [3.8, 4) is 6.07 Å². The monoisotopic (exact) mass is 281 g/mol. The molecule has 4 heteroatoms. The number of hydrogen-bond donors (Lipinski definition) is 0. The number of hydrogen-bond acceptors (Lipinski definition) is 4. The fourth-order valence-corrected chi connectivity index (χ4v) is 4.72. The molecule has 106 valence electrons. The highest BCUT2D eigenvalue weighted by Crippen LogP contribution is 2.53. The van der Waals surface area contributed by atoms with Crippen molar-refractivity contribution in [2.24, 2.45) is 17.3 Å². The summed E-state index contributed by atoms with van der Waals surface area (Å²) >= 11 is 1.93. The smallest absolute Gasteiger partial charge is 0.306 e. The molecule has 0 bridgehead atoms. The zero-order valence-corrected chi connectivity index (χ0v) is 12.7. The Morgan fingerprint density at radius 1 is 1.47 bits per heavy atom. The lowest BCUT2D eigenvalue weighted by atomic mass is 9.83. The summed E-state index contributed by atoms with van der Waals surface area (Å²) in [7, 11) is 1.46. The Kier molecular flexibility index (Phi) is 4.78. The Morgan fingerprint density at radius 2 is 2.21 bits per heavy atom. The third-order valence-corrected chi connectivity index (χ3v) is 6.26. The van der Waals surface area contributed by atoms with Gasteiger partial charge in [0.25, 0.3) is 0 Å². The Hall–Kier alpha value is -0.690. The summed E-state index contributed by atoms with van der Waals surface area (Å²) in [5.74, 6) is 1.86. The quantitative estimate of drug-likeness (QED) is 0.725. The van der Waals surface area contributed by atoms with Crippen LogP contribution in [0.5, 0.6) is 0 Å². The van der Waals surface area contributed by atoms with Gasteiger partial charge in [-0.1, -0.05) is 6.92 Å². The minimum absolute atomic E-state index is 0.0908. The van der Waals surface area contributed by atoms with Gasteiger partial charge in [0.1, 0.15) is 0 Å². The van der Waals surface area contributed by atoms with Crippen molar-refractivity contribution >= 4 is 17.7 Å². The van der Waals surface area contributed by atoms with Gasteiger partial charge in [-0.2, -0.15) is 17.0 Å². The highest BCUT2D eigenvalue weighted by molar-refractivity contribution is 7.99. The van der Waals surface area contributed by atoms with Gasteiger partial charge in [-0.3, -0.25) is 4.79 Å². The Balaban J connectivity index is 1.84. The number of nitrogens with zero attached hydrogens (tertiary/aromatic N) is 1. The summed E-state index contributed by atoms with van der Waals surface area (Å²) in [4.78, 5) is 11.4. The molecule has 3 nitrogen and oxygen atoms in total. The Labute approximate surface area is 120 Å². The summed E-state index contributed by atoms with van der Waals surface area (Å²) in [5, 5.41) is 9.70. The maximum absolute atomic E-state index is 11.4. The average molecular weight is 281 g/mol. The van der Waals surface area contributed by atoms with Gasteiger partial charge in [0.2, 0.25) is 0 Å². The second-order valence-corrected chi connectivity index (χ2v) is 7.48. The minimum atomic E-state index is -0.0908. The molecule has 3 atom stereocenters. The minimum Gasteiger partial charge on any atom is -0.469 e. The molecule has 2 fully saturated rings. The van der Waals surface area contributed by atoms with Crippen molar-refractivity contribution in [2.75, 3.05) is 12.9 Å². The molecule has 3 unspecified atom stereocenters. The molecule has 0 aromatic carbocycles. The van der Waals surface area contributed by atoms with Gasteiger partial charge in [-0.05, 0) is 49.2 Å². The molecule has 0 spiro atoms. The lowest BCUT2D eigenvalue weighted by molar-refractivity contribution is -0.141. The van der Waals surface area contributed by atoms with Crippen LogP contribution in [0.4, 0.5) is 0 Å². The van der Waals surface area contributed by atoms with Crippen molar-refractivity contribution in [2.45, 2.75) is 50.7 Å². The molecule has 2 rings (SSSR count). The van der Waals surface area contributed by atoms with E-state index in [-0.39, 0.29) is 17.3 Å². The standard InChI is InChI=1S/C15H23NO2S/c1-11-3-4-12(9-16)13(7-11)19-10-15(5-6-15)8-14(17)18-2/h11-13H,3-8,10H2,1-2H3. The van der Waals surface area contributed by atoms with Crippen LogP contribution in [-0.2, 0) is 9.53 Å². The fourth-order valence-electron chi connectivity index (χ4n) is 2.87. The number of carbonyl (C=O) groups excluding carboxylic acids is 1. The Morgan fingerprint density at radius 3 is 2.79 bits per heavy atom. The lowest BCUT2D eigenvalue weighted by Gasteiger charge is -2.31. The normalized spacial score (nSPS) is 32.4. The first-order chi connectivity index (χ1) is 9.08. The van der Waals surface area contributed by atoms with E-state index in [0.29, 0.717) is 11.7 Å². The van der Waals surface area contributed by atoms with Gasteiger partial charge in [0.15, 0.2) is 0 Å². The second-order valence-electron chi connectivity index (χ2n) is 6.26. The molecule has 0 aromatic heterocycles. The molecule has 0 radical (unpaired) electrons. The van der Waals surface area contributed by atoms with Crippen LogP contribution in [0.2, 0.25) is 0 Å². The first kappa shape index (κ1) is 14.7. The van der Waals surface area contributed by atoms with Crippen LogP contribution >= 0.6 is 11.8 Å². The topological polar surface area (TPSA) is 50.1 Å². The molecule has 2 aliphatic rings. The number of nitriles is 1. The number of rotatable bonds is 5. The van der Waals surface area contributed by atoms with Crippen LogP contribution in [0, 0.1) is 28.6 Å². The number of ether oxygens (including phenoxy) is 1. The summed E-state index contributed by atoms with van der Waals surface area (Å²) in [6.07, 6.45) is 6.19. The van der Waals surface area contributed by atoms with E-state index < -0.39 is 0 Å². The van der Waals surface area contributed by atoms with Crippen LogP contribution < -0.4 is 0 Å². The number of esters is 1. The zero-order chi connectivity index (χ0) is 13.9. The van der Waals surface area contributed by atoms with E-state index in [4.69, 9.17) is 4.74 Å². The van der Waals surface area contributed by atoms with Crippen molar-refractivity contribution in [3.05, 3.63) is 0 Å². The highest BCUT2D eigenvalue weighted by atomic mass is 32.2. The van der Waals surface area contributed by atoms with E-state index in [1.807, 2.05) is 11.8 Å². The molecule has 2 aliphatic carbocycles. The van der Waals surface area contributed by atoms with Crippen molar-refractivity contribution in [1.29, 1.82) is 5.26 Å². The summed E-state index contributed by atoms with van der Waals surface area (Å²) in [6.45, 7) is 2.28.